The average molecular weight is 508 g/mol. The number of nitrogens with one attached hydrogen (secondary N) is 2. The summed E-state index contributed by atoms with van der Waals surface area (Å²) in [7, 11) is 1.75. The molecule has 174 valence electrons. The molecule has 2 amide bonds. The summed E-state index contributed by atoms with van der Waals surface area (Å²) < 4.78 is 12.7. The molecule has 10 heteroatoms. The molecule has 0 radical (unpaired) electrons. The normalized spacial score (nSPS) is 23.6. The van der Waals surface area contributed by atoms with Gasteiger partial charge in [-0.05, 0) is 37.5 Å². The Morgan fingerprint density at radius 2 is 2.03 bits per heavy atom. The molecule has 1 saturated heterocycles. The molecule has 0 unspecified atom stereocenters. The first kappa shape index (κ1) is 22.7. The Kier molecular flexibility index (Phi) is 5.69. The van der Waals surface area contributed by atoms with Crippen LogP contribution in [-0.2, 0) is 20.7 Å². The minimum atomic E-state index is -0.799. The van der Waals surface area contributed by atoms with E-state index in [0.717, 1.165) is 15.8 Å². The summed E-state index contributed by atoms with van der Waals surface area (Å²) >= 11 is 13.6. The van der Waals surface area contributed by atoms with Crippen molar-refractivity contribution in [2.24, 2.45) is 0 Å². The summed E-state index contributed by atoms with van der Waals surface area (Å²) in [6.45, 7) is 3.77. The number of rotatable bonds is 4. The second-order valence-corrected chi connectivity index (χ2v) is 10.8. The molecule has 0 spiro atoms. The fourth-order valence-corrected chi connectivity index (χ4v) is 6.12. The number of amides is 2. The second-order valence-electron chi connectivity index (χ2n) is 8.81. The van der Waals surface area contributed by atoms with Gasteiger partial charge in [-0.2, -0.15) is 0 Å². The Morgan fingerprint density at radius 3 is 2.73 bits per heavy atom. The second kappa shape index (κ2) is 8.29. The molecule has 3 aromatic rings. The lowest BCUT2D eigenvalue weighted by molar-refractivity contribution is -0.161. The van der Waals surface area contributed by atoms with Crippen LogP contribution in [-0.4, -0.2) is 53.3 Å². The molecule has 33 heavy (non-hydrogen) atoms. The van der Waals surface area contributed by atoms with Gasteiger partial charge in [0.05, 0.1) is 33.9 Å². The van der Waals surface area contributed by atoms with E-state index in [1.807, 2.05) is 24.3 Å². The molecule has 1 aromatic carbocycles. The van der Waals surface area contributed by atoms with E-state index < -0.39 is 11.9 Å². The minimum absolute atomic E-state index is 0.177. The van der Waals surface area contributed by atoms with Crippen LogP contribution in [0, 0.1) is 0 Å². The Morgan fingerprint density at radius 1 is 1.27 bits per heavy atom. The highest BCUT2D eigenvalue weighted by atomic mass is 35.5. The molecule has 1 aliphatic carbocycles. The number of hydrogen-bond donors (Lipinski definition) is 2. The summed E-state index contributed by atoms with van der Waals surface area (Å²) in [6, 6.07) is 9.03. The van der Waals surface area contributed by atoms with Crippen LogP contribution in [0.1, 0.15) is 41.5 Å². The minimum Gasteiger partial charge on any atom is -0.349 e. The first-order chi connectivity index (χ1) is 15.6. The highest BCUT2D eigenvalue weighted by molar-refractivity contribution is 7.23. The van der Waals surface area contributed by atoms with Crippen LogP contribution in [0.2, 0.25) is 9.36 Å². The zero-order chi connectivity index (χ0) is 23.5. The van der Waals surface area contributed by atoms with E-state index in [1.54, 1.807) is 31.9 Å². The van der Waals surface area contributed by atoms with E-state index in [0.29, 0.717) is 27.0 Å². The lowest BCUT2D eigenvalue weighted by Crippen LogP contribution is -2.48. The molecule has 7 nitrogen and oxygen atoms in total. The molecule has 3 heterocycles. The van der Waals surface area contributed by atoms with Crippen molar-refractivity contribution in [1.29, 1.82) is 0 Å². The van der Waals surface area contributed by atoms with Gasteiger partial charge in [0.15, 0.2) is 11.9 Å². The maximum Gasteiger partial charge on any atom is 0.268 e. The van der Waals surface area contributed by atoms with E-state index in [1.165, 1.54) is 11.3 Å². The van der Waals surface area contributed by atoms with Gasteiger partial charge in [0.1, 0.15) is 10.0 Å². The number of fused-ring (bicyclic) bond motifs is 2. The number of aromatic amines is 1. The SMILES string of the molecule is CN(C(=O)[C@@H]1COC(C)(C)O1)[C@H]1c2ccccc2C[C@H]1NC(=O)c1cc2sc(Cl)c(Cl)c2[nH]1. The molecular formula is C23H23Cl2N3O4S. The average Bonchev–Trinajstić information content (AvgIpc) is 3.50. The number of likely N-dealkylation sites (N-methyl/N-ethyl adjacent to an activating group) is 1. The zero-order valence-electron chi connectivity index (χ0n) is 18.3. The first-order valence-corrected chi connectivity index (χ1v) is 12.2. The third kappa shape index (κ3) is 4.04. The quantitative estimate of drug-likeness (QED) is 0.542. The Hall–Kier alpha value is -2.10. The molecule has 2 aromatic heterocycles. The van der Waals surface area contributed by atoms with Crippen LogP contribution in [0.5, 0.6) is 0 Å². The molecule has 1 fully saturated rings. The number of halogens is 2. The number of hydrogen-bond acceptors (Lipinski definition) is 5. The van der Waals surface area contributed by atoms with Gasteiger partial charge in [-0.1, -0.05) is 47.5 Å². The van der Waals surface area contributed by atoms with Gasteiger partial charge in [-0.15, -0.1) is 11.3 Å². The van der Waals surface area contributed by atoms with Crippen molar-refractivity contribution >= 4 is 56.6 Å². The maximum atomic E-state index is 13.3. The van der Waals surface area contributed by atoms with Gasteiger partial charge < -0.3 is 24.7 Å². The fourth-order valence-electron chi connectivity index (χ4n) is 4.64. The lowest BCUT2D eigenvalue weighted by atomic mass is 10.0. The van der Waals surface area contributed by atoms with Crippen molar-refractivity contribution in [2.45, 2.75) is 44.2 Å². The predicted octanol–water partition coefficient (Wildman–Crippen LogP) is 4.54. The Labute approximate surface area is 204 Å². The van der Waals surface area contributed by atoms with Crippen LogP contribution in [0.3, 0.4) is 0 Å². The molecule has 3 atom stereocenters. The van der Waals surface area contributed by atoms with Crippen LogP contribution in [0.15, 0.2) is 30.3 Å². The molecule has 0 saturated carbocycles. The van der Waals surface area contributed by atoms with Gasteiger partial charge in [-0.25, -0.2) is 0 Å². The van der Waals surface area contributed by atoms with Crippen LogP contribution >= 0.6 is 34.5 Å². The predicted molar refractivity (Wildman–Crippen MR) is 128 cm³/mol. The summed E-state index contributed by atoms with van der Waals surface area (Å²) in [4.78, 5) is 31.1. The third-order valence-corrected chi connectivity index (χ3v) is 8.11. The van der Waals surface area contributed by atoms with Crippen LogP contribution in [0.4, 0.5) is 0 Å². The third-order valence-electron chi connectivity index (χ3n) is 6.18. The van der Waals surface area contributed by atoms with Crippen molar-refractivity contribution in [3.8, 4) is 0 Å². The largest absolute Gasteiger partial charge is 0.349 e. The lowest BCUT2D eigenvalue weighted by Gasteiger charge is -2.32. The number of carbonyl (C=O) groups is 2. The van der Waals surface area contributed by atoms with Crippen LogP contribution < -0.4 is 5.32 Å². The number of nitrogens with zero attached hydrogens (tertiary/aromatic N) is 1. The zero-order valence-corrected chi connectivity index (χ0v) is 20.6. The maximum absolute atomic E-state index is 13.3. The van der Waals surface area contributed by atoms with E-state index >= 15 is 0 Å². The van der Waals surface area contributed by atoms with Crippen molar-refractivity contribution < 1.29 is 19.1 Å². The topological polar surface area (TPSA) is 83.7 Å². The van der Waals surface area contributed by atoms with E-state index in [-0.39, 0.29) is 30.5 Å². The molecular weight excluding hydrogens is 485 g/mol. The number of thiophene rings is 1. The van der Waals surface area contributed by atoms with Crippen molar-refractivity contribution in [1.82, 2.24) is 15.2 Å². The summed E-state index contributed by atoms with van der Waals surface area (Å²) in [5.41, 5.74) is 3.15. The smallest absolute Gasteiger partial charge is 0.268 e. The molecule has 1 aliphatic heterocycles. The number of benzene rings is 1. The molecule has 2 aliphatic rings. The standard InChI is InChI=1S/C23H23Cl2N3O4S/c1-23(2)31-10-15(32-23)22(30)28(3)19-12-7-5-4-6-11(12)8-13(19)27-21(29)14-9-16-18(26-14)17(24)20(25)33-16/h4-7,9,13,15,19,26H,8,10H2,1-3H3,(H,27,29)/t13-,15+,19+/m1/s1. The first-order valence-electron chi connectivity index (χ1n) is 10.6. The van der Waals surface area contributed by atoms with Gasteiger partial charge >= 0.3 is 0 Å². The number of aromatic nitrogens is 1. The van der Waals surface area contributed by atoms with Crippen molar-refractivity contribution in [2.75, 3.05) is 13.7 Å². The summed E-state index contributed by atoms with van der Waals surface area (Å²) in [5.74, 6) is -1.24. The highest BCUT2D eigenvalue weighted by Gasteiger charge is 2.43. The number of ether oxygens (including phenoxy) is 2. The van der Waals surface area contributed by atoms with Gasteiger partial charge in [-0.3, -0.25) is 9.59 Å². The summed E-state index contributed by atoms with van der Waals surface area (Å²) in [5, 5.41) is 3.52. The molecule has 2 N–H and O–H groups in total. The van der Waals surface area contributed by atoms with E-state index in [9.17, 15) is 9.59 Å². The van der Waals surface area contributed by atoms with Crippen molar-refractivity contribution in [3.05, 3.63) is 56.5 Å². The Bertz CT molecular complexity index is 1250. The Balaban J connectivity index is 1.39. The monoisotopic (exact) mass is 507 g/mol. The number of carbonyl (C=O) groups excluding carboxylic acids is 2. The number of H-pyrrole nitrogens is 1. The van der Waals surface area contributed by atoms with Gasteiger partial charge in [0.25, 0.3) is 11.8 Å². The van der Waals surface area contributed by atoms with Gasteiger partial charge in [0, 0.05) is 7.05 Å². The molecule has 0 bridgehead atoms. The van der Waals surface area contributed by atoms with Crippen molar-refractivity contribution in [3.63, 3.8) is 0 Å². The van der Waals surface area contributed by atoms with Gasteiger partial charge in [0.2, 0.25) is 0 Å². The van der Waals surface area contributed by atoms with E-state index in [4.69, 9.17) is 32.7 Å². The van der Waals surface area contributed by atoms with Crippen LogP contribution in [0.25, 0.3) is 10.2 Å². The van der Waals surface area contributed by atoms with E-state index in [2.05, 4.69) is 10.3 Å². The molecule has 5 rings (SSSR count). The fraction of sp³-hybridized carbons (Fsp3) is 0.391. The summed E-state index contributed by atoms with van der Waals surface area (Å²) in [6.07, 6.45) is -0.0736. The highest BCUT2D eigenvalue weighted by Crippen LogP contribution is 2.40.